The molecule has 1 rings (SSSR count). The average molecular weight is 254 g/mol. The highest BCUT2D eigenvalue weighted by Crippen LogP contribution is 2.11. The van der Waals surface area contributed by atoms with Crippen molar-refractivity contribution in [2.75, 3.05) is 7.11 Å². The van der Waals surface area contributed by atoms with Crippen LogP contribution < -0.4 is 5.32 Å². The Morgan fingerprint density at radius 2 is 1.94 bits per heavy atom. The summed E-state index contributed by atoms with van der Waals surface area (Å²) in [5.41, 5.74) is 0.498. The second-order valence-corrected chi connectivity index (χ2v) is 4.37. The molecule has 1 aromatic heterocycles. The predicted octanol–water partition coefficient (Wildman–Crippen LogP) is 1.22. The lowest BCUT2D eigenvalue weighted by atomic mass is 10.0. The quantitative estimate of drug-likeness (QED) is 0.817. The van der Waals surface area contributed by atoms with Crippen molar-refractivity contribution in [1.82, 2.24) is 10.3 Å². The Labute approximate surface area is 106 Å². The Kier molecular flexibility index (Phi) is 4.47. The van der Waals surface area contributed by atoms with Crippen molar-refractivity contribution in [3.05, 3.63) is 17.3 Å². The van der Waals surface area contributed by atoms with Crippen LogP contribution in [0.3, 0.4) is 0 Å². The summed E-state index contributed by atoms with van der Waals surface area (Å²) in [4.78, 5) is 27.5. The molecule has 1 aromatic rings. The fourth-order valence-electron chi connectivity index (χ4n) is 1.57. The lowest BCUT2D eigenvalue weighted by molar-refractivity contribution is -0.144. The number of nitrogens with zero attached hydrogens (tertiary/aromatic N) is 1. The van der Waals surface area contributed by atoms with Crippen LogP contribution in [0.1, 0.15) is 36.0 Å². The van der Waals surface area contributed by atoms with Gasteiger partial charge in [0.2, 0.25) is 5.76 Å². The first kappa shape index (κ1) is 14.2. The molecule has 100 valence electrons. The molecule has 1 heterocycles. The summed E-state index contributed by atoms with van der Waals surface area (Å²) in [6.07, 6.45) is 0. The van der Waals surface area contributed by atoms with E-state index in [1.54, 1.807) is 13.8 Å². The van der Waals surface area contributed by atoms with Crippen LogP contribution in [0.15, 0.2) is 4.42 Å². The number of aryl methyl sites for hydroxylation is 2. The lowest BCUT2D eigenvalue weighted by Crippen LogP contribution is -2.45. The predicted molar refractivity (Wildman–Crippen MR) is 64.1 cm³/mol. The molecule has 6 heteroatoms. The van der Waals surface area contributed by atoms with Gasteiger partial charge in [-0.05, 0) is 12.8 Å². The summed E-state index contributed by atoms with van der Waals surface area (Å²) < 4.78 is 9.84. The van der Waals surface area contributed by atoms with E-state index >= 15 is 0 Å². The number of hydrogen-bond donors (Lipinski definition) is 1. The maximum Gasteiger partial charge on any atom is 0.328 e. The van der Waals surface area contributed by atoms with Gasteiger partial charge in [0.1, 0.15) is 6.04 Å². The fourth-order valence-corrected chi connectivity index (χ4v) is 1.57. The number of oxazole rings is 1. The molecule has 1 atom stereocenters. The number of carbonyl (C=O) groups is 2. The number of esters is 1. The van der Waals surface area contributed by atoms with Gasteiger partial charge in [-0.1, -0.05) is 13.8 Å². The molecule has 0 saturated carbocycles. The topological polar surface area (TPSA) is 81.4 Å². The standard InChI is InChI=1S/C12H18N2O4/c1-6(2)9(12(16)17-5)14-11(15)10-7(3)13-8(4)18-10/h6,9H,1-5H3,(H,14,15). The minimum Gasteiger partial charge on any atom is -0.467 e. The maximum absolute atomic E-state index is 12.0. The van der Waals surface area contributed by atoms with Crippen molar-refractivity contribution in [1.29, 1.82) is 0 Å². The third-order valence-electron chi connectivity index (χ3n) is 2.52. The van der Waals surface area contributed by atoms with Gasteiger partial charge >= 0.3 is 5.97 Å². The van der Waals surface area contributed by atoms with Crippen molar-refractivity contribution in [3.8, 4) is 0 Å². The van der Waals surface area contributed by atoms with Crippen LogP contribution in [0.25, 0.3) is 0 Å². The van der Waals surface area contributed by atoms with Gasteiger partial charge < -0.3 is 14.5 Å². The number of methoxy groups -OCH3 is 1. The van der Waals surface area contributed by atoms with E-state index in [0.29, 0.717) is 11.6 Å². The average Bonchev–Trinajstić information content (AvgIpc) is 2.63. The summed E-state index contributed by atoms with van der Waals surface area (Å²) in [6.45, 7) is 6.97. The Morgan fingerprint density at radius 3 is 2.33 bits per heavy atom. The van der Waals surface area contributed by atoms with Gasteiger partial charge in [0, 0.05) is 6.92 Å². The van der Waals surface area contributed by atoms with Crippen LogP contribution in [0.2, 0.25) is 0 Å². The van der Waals surface area contributed by atoms with Gasteiger partial charge in [-0.25, -0.2) is 9.78 Å². The first-order valence-corrected chi connectivity index (χ1v) is 5.69. The second kappa shape index (κ2) is 5.66. The summed E-state index contributed by atoms with van der Waals surface area (Å²) in [7, 11) is 1.29. The van der Waals surface area contributed by atoms with E-state index in [2.05, 4.69) is 15.0 Å². The van der Waals surface area contributed by atoms with Crippen LogP contribution in [-0.2, 0) is 9.53 Å². The second-order valence-electron chi connectivity index (χ2n) is 4.37. The van der Waals surface area contributed by atoms with E-state index in [9.17, 15) is 9.59 Å². The molecule has 0 saturated heterocycles. The number of hydrogen-bond acceptors (Lipinski definition) is 5. The normalized spacial score (nSPS) is 12.3. The minimum absolute atomic E-state index is 0.0780. The highest BCUT2D eigenvalue weighted by molar-refractivity contribution is 5.95. The molecule has 0 radical (unpaired) electrons. The van der Waals surface area contributed by atoms with Crippen molar-refractivity contribution in [2.24, 2.45) is 5.92 Å². The van der Waals surface area contributed by atoms with Gasteiger partial charge in [0.15, 0.2) is 5.89 Å². The highest BCUT2D eigenvalue weighted by Gasteiger charge is 2.27. The number of amides is 1. The highest BCUT2D eigenvalue weighted by atomic mass is 16.5. The molecule has 0 aliphatic carbocycles. The molecule has 1 amide bonds. The molecule has 18 heavy (non-hydrogen) atoms. The lowest BCUT2D eigenvalue weighted by Gasteiger charge is -2.19. The SMILES string of the molecule is COC(=O)C(NC(=O)c1oc(C)nc1C)C(C)C. The Balaban J connectivity index is 2.85. The third-order valence-corrected chi connectivity index (χ3v) is 2.52. The number of aromatic nitrogens is 1. The molecule has 0 spiro atoms. The summed E-state index contributed by atoms with van der Waals surface area (Å²) in [6, 6.07) is -0.702. The fraction of sp³-hybridized carbons (Fsp3) is 0.583. The Hall–Kier alpha value is -1.85. The first-order chi connectivity index (χ1) is 8.36. The Bertz CT molecular complexity index is 451. The van der Waals surface area contributed by atoms with Gasteiger partial charge in [-0.3, -0.25) is 4.79 Å². The number of carbonyl (C=O) groups excluding carboxylic acids is 2. The van der Waals surface area contributed by atoms with E-state index in [1.807, 2.05) is 13.8 Å². The van der Waals surface area contributed by atoms with E-state index in [1.165, 1.54) is 7.11 Å². The third kappa shape index (κ3) is 3.09. The molecule has 0 fully saturated rings. The molecule has 1 unspecified atom stereocenters. The largest absolute Gasteiger partial charge is 0.467 e. The molecular formula is C12H18N2O4. The maximum atomic E-state index is 12.0. The van der Waals surface area contributed by atoms with Crippen LogP contribution >= 0.6 is 0 Å². The summed E-state index contributed by atoms with van der Waals surface area (Å²) in [5, 5.41) is 2.59. The molecule has 0 aliphatic heterocycles. The van der Waals surface area contributed by atoms with E-state index in [4.69, 9.17) is 4.42 Å². The van der Waals surface area contributed by atoms with Crippen LogP contribution in [0, 0.1) is 19.8 Å². The number of ether oxygens (including phenoxy) is 1. The summed E-state index contributed by atoms with van der Waals surface area (Å²) >= 11 is 0. The van der Waals surface area contributed by atoms with Gasteiger partial charge in [0.25, 0.3) is 5.91 Å². The molecule has 0 bridgehead atoms. The van der Waals surface area contributed by atoms with Crippen molar-refractivity contribution in [3.63, 3.8) is 0 Å². The monoisotopic (exact) mass is 254 g/mol. The molecule has 0 aliphatic rings. The number of nitrogens with one attached hydrogen (secondary N) is 1. The first-order valence-electron chi connectivity index (χ1n) is 5.69. The molecule has 6 nitrogen and oxygen atoms in total. The summed E-state index contributed by atoms with van der Waals surface area (Å²) in [5.74, 6) is -0.478. The van der Waals surface area contributed by atoms with Crippen LogP contribution in [-0.4, -0.2) is 30.0 Å². The van der Waals surface area contributed by atoms with E-state index < -0.39 is 17.9 Å². The van der Waals surface area contributed by atoms with Crippen molar-refractivity contribution >= 4 is 11.9 Å². The zero-order chi connectivity index (χ0) is 13.9. The zero-order valence-electron chi connectivity index (χ0n) is 11.2. The van der Waals surface area contributed by atoms with E-state index in [-0.39, 0.29) is 11.7 Å². The van der Waals surface area contributed by atoms with Gasteiger partial charge in [0.05, 0.1) is 12.8 Å². The minimum atomic E-state index is -0.702. The van der Waals surface area contributed by atoms with Gasteiger partial charge in [-0.15, -0.1) is 0 Å². The molecule has 0 aromatic carbocycles. The van der Waals surface area contributed by atoms with E-state index in [0.717, 1.165) is 0 Å². The van der Waals surface area contributed by atoms with Gasteiger partial charge in [-0.2, -0.15) is 0 Å². The zero-order valence-corrected chi connectivity index (χ0v) is 11.2. The van der Waals surface area contributed by atoms with Crippen molar-refractivity contribution < 1.29 is 18.7 Å². The molecule has 1 N–H and O–H groups in total. The van der Waals surface area contributed by atoms with Crippen LogP contribution in [0.5, 0.6) is 0 Å². The van der Waals surface area contributed by atoms with Crippen molar-refractivity contribution in [2.45, 2.75) is 33.7 Å². The Morgan fingerprint density at radius 1 is 1.33 bits per heavy atom. The smallest absolute Gasteiger partial charge is 0.328 e. The van der Waals surface area contributed by atoms with Crippen LogP contribution in [0.4, 0.5) is 0 Å². The molecular weight excluding hydrogens is 236 g/mol. The number of rotatable bonds is 4.